The topological polar surface area (TPSA) is 59.4 Å². The van der Waals surface area contributed by atoms with Crippen LogP contribution in [-0.4, -0.2) is 40.3 Å². The number of carbonyl (C=O) groups excluding carboxylic acids is 1. The van der Waals surface area contributed by atoms with Gasteiger partial charge in [0.1, 0.15) is 5.75 Å². The van der Waals surface area contributed by atoms with E-state index in [4.69, 9.17) is 4.74 Å². The van der Waals surface area contributed by atoms with E-state index in [0.717, 1.165) is 42.9 Å². The average molecular weight is 356 g/mol. The maximum atomic E-state index is 12.8. The first-order valence-electron chi connectivity index (χ1n) is 9.27. The molecule has 1 N–H and O–H groups in total. The number of nitrogens with one attached hydrogen (secondary N) is 1. The van der Waals surface area contributed by atoms with Crippen molar-refractivity contribution < 1.29 is 9.53 Å². The Morgan fingerprint density at radius 3 is 2.65 bits per heavy atom. The van der Waals surface area contributed by atoms with Crippen LogP contribution in [0.5, 0.6) is 5.75 Å². The van der Waals surface area contributed by atoms with Gasteiger partial charge in [-0.1, -0.05) is 12.1 Å². The van der Waals surface area contributed by atoms with E-state index in [1.165, 1.54) is 5.69 Å². The molecule has 3 rings (SSSR count). The maximum Gasteiger partial charge on any atom is 0.272 e. The normalized spacial score (nSPS) is 14.3. The van der Waals surface area contributed by atoms with Gasteiger partial charge in [-0.15, -0.1) is 0 Å². The summed E-state index contributed by atoms with van der Waals surface area (Å²) in [7, 11) is 1.64. The highest BCUT2D eigenvalue weighted by Gasteiger charge is 2.28. The fourth-order valence-corrected chi connectivity index (χ4v) is 3.41. The molecule has 26 heavy (non-hydrogen) atoms. The van der Waals surface area contributed by atoms with Crippen LogP contribution in [0, 0.1) is 0 Å². The number of carbonyl (C=O) groups is 1. The first-order chi connectivity index (χ1) is 12.5. The predicted molar refractivity (Wildman–Crippen MR) is 101 cm³/mol. The molecule has 0 radical (unpaired) electrons. The van der Waals surface area contributed by atoms with Gasteiger partial charge in [0.15, 0.2) is 5.69 Å². The zero-order valence-electron chi connectivity index (χ0n) is 16.1. The van der Waals surface area contributed by atoms with Crippen LogP contribution in [0.1, 0.15) is 48.1 Å². The number of aryl methyl sites for hydroxylation is 1. The molecule has 1 aliphatic heterocycles. The maximum absolute atomic E-state index is 12.8. The lowest BCUT2D eigenvalue weighted by atomic mass is 10.0. The summed E-state index contributed by atoms with van der Waals surface area (Å²) in [6, 6.07) is 8.17. The Morgan fingerprint density at radius 1 is 1.31 bits per heavy atom. The summed E-state index contributed by atoms with van der Waals surface area (Å²) < 4.78 is 7.15. The number of methoxy groups -OCH3 is 1. The Kier molecular flexibility index (Phi) is 5.61. The van der Waals surface area contributed by atoms with Crippen molar-refractivity contribution in [3.63, 3.8) is 0 Å². The molecule has 0 saturated carbocycles. The molecule has 1 aliphatic rings. The Labute approximate surface area is 155 Å². The molecular formula is C20H28N4O2. The summed E-state index contributed by atoms with van der Waals surface area (Å²) >= 11 is 0. The number of nitrogens with zero attached hydrogens (tertiary/aromatic N) is 3. The molecule has 6 heteroatoms. The number of benzene rings is 1. The Morgan fingerprint density at radius 2 is 2.04 bits per heavy atom. The minimum Gasteiger partial charge on any atom is -0.497 e. The number of hydrogen-bond acceptors (Lipinski definition) is 4. The third-order valence-electron chi connectivity index (χ3n) is 5.02. The van der Waals surface area contributed by atoms with Gasteiger partial charge in [0.05, 0.1) is 7.11 Å². The molecule has 0 spiro atoms. The van der Waals surface area contributed by atoms with Crippen LogP contribution in [0.15, 0.2) is 24.3 Å². The Balaban J connectivity index is 1.75. The largest absolute Gasteiger partial charge is 0.497 e. The summed E-state index contributed by atoms with van der Waals surface area (Å²) in [5.74, 6) is 0.708. The van der Waals surface area contributed by atoms with Gasteiger partial charge in [0.25, 0.3) is 5.91 Å². The number of ether oxygens (including phenoxy) is 1. The fourth-order valence-electron chi connectivity index (χ4n) is 3.41. The summed E-state index contributed by atoms with van der Waals surface area (Å²) in [5, 5.41) is 7.61. The van der Waals surface area contributed by atoms with Crippen molar-refractivity contribution >= 4 is 5.91 Å². The van der Waals surface area contributed by atoms with Gasteiger partial charge < -0.3 is 10.1 Å². The summed E-state index contributed by atoms with van der Waals surface area (Å²) in [4.78, 5) is 15.2. The van der Waals surface area contributed by atoms with Crippen LogP contribution in [0.3, 0.4) is 0 Å². The second kappa shape index (κ2) is 7.91. The highest BCUT2D eigenvalue weighted by atomic mass is 16.5. The molecule has 0 unspecified atom stereocenters. The van der Waals surface area contributed by atoms with E-state index in [9.17, 15) is 4.79 Å². The van der Waals surface area contributed by atoms with Gasteiger partial charge in [-0.2, -0.15) is 5.10 Å². The minimum atomic E-state index is -0.102. The molecule has 0 bridgehead atoms. The molecule has 0 fully saturated rings. The van der Waals surface area contributed by atoms with Crippen molar-refractivity contribution in [3.05, 3.63) is 46.8 Å². The molecular weight excluding hydrogens is 328 g/mol. The molecule has 2 aromatic rings. The third-order valence-corrected chi connectivity index (χ3v) is 5.02. The molecule has 6 nitrogen and oxygen atoms in total. The standard InChI is InChI=1S/C20H28N4O2/c1-5-24-18-10-11-23(14(2)3)13-17(18)19(22-24)20(25)21-12-15-6-8-16(26-4)9-7-15/h6-9,14H,5,10-13H2,1-4H3,(H,21,25). The van der Waals surface area contributed by atoms with Crippen molar-refractivity contribution in [3.8, 4) is 5.75 Å². The SMILES string of the molecule is CCn1nc(C(=O)NCc2ccc(OC)cc2)c2c1CCN(C(C)C)C2. The number of hydrogen-bond donors (Lipinski definition) is 1. The van der Waals surface area contributed by atoms with Gasteiger partial charge in [0.2, 0.25) is 0 Å². The first-order valence-corrected chi connectivity index (χ1v) is 9.27. The molecule has 0 atom stereocenters. The summed E-state index contributed by atoms with van der Waals surface area (Å²) in [6.45, 7) is 9.53. The van der Waals surface area contributed by atoms with E-state index in [1.807, 2.05) is 28.9 Å². The molecule has 1 amide bonds. The highest BCUT2D eigenvalue weighted by molar-refractivity contribution is 5.94. The van der Waals surface area contributed by atoms with Gasteiger partial charge in [0, 0.05) is 49.9 Å². The molecule has 140 valence electrons. The lowest BCUT2D eigenvalue weighted by Crippen LogP contribution is -2.37. The second-order valence-corrected chi connectivity index (χ2v) is 6.93. The van der Waals surface area contributed by atoms with E-state index >= 15 is 0 Å². The van der Waals surface area contributed by atoms with Crippen molar-refractivity contribution in [2.24, 2.45) is 0 Å². The van der Waals surface area contributed by atoms with E-state index in [2.05, 4.69) is 36.1 Å². The van der Waals surface area contributed by atoms with Crippen molar-refractivity contribution in [1.82, 2.24) is 20.0 Å². The van der Waals surface area contributed by atoms with E-state index < -0.39 is 0 Å². The Hall–Kier alpha value is -2.34. The van der Waals surface area contributed by atoms with Crippen LogP contribution in [0.2, 0.25) is 0 Å². The average Bonchev–Trinajstić information content (AvgIpc) is 3.04. The first kappa shape index (κ1) is 18.5. The molecule has 2 heterocycles. The number of amides is 1. The van der Waals surface area contributed by atoms with E-state index in [0.29, 0.717) is 18.3 Å². The number of aromatic nitrogens is 2. The van der Waals surface area contributed by atoms with Crippen LogP contribution < -0.4 is 10.1 Å². The molecule has 0 aliphatic carbocycles. The van der Waals surface area contributed by atoms with Crippen LogP contribution >= 0.6 is 0 Å². The lowest BCUT2D eigenvalue weighted by molar-refractivity contribution is 0.0942. The van der Waals surface area contributed by atoms with Crippen molar-refractivity contribution in [2.45, 2.75) is 52.9 Å². The van der Waals surface area contributed by atoms with Gasteiger partial charge in [-0.3, -0.25) is 14.4 Å². The second-order valence-electron chi connectivity index (χ2n) is 6.93. The highest BCUT2D eigenvalue weighted by Crippen LogP contribution is 2.24. The predicted octanol–water partition coefficient (Wildman–Crippen LogP) is 2.61. The van der Waals surface area contributed by atoms with Gasteiger partial charge in [-0.25, -0.2) is 0 Å². The third kappa shape index (κ3) is 3.75. The van der Waals surface area contributed by atoms with Crippen molar-refractivity contribution in [2.75, 3.05) is 13.7 Å². The molecule has 1 aromatic heterocycles. The quantitative estimate of drug-likeness (QED) is 0.864. The number of rotatable bonds is 6. The molecule has 1 aromatic carbocycles. The number of fused-ring (bicyclic) bond motifs is 1. The van der Waals surface area contributed by atoms with E-state index in [-0.39, 0.29) is 5.91 Å². The minimum absolute atomic E-state index is 0.102. The smallest absolute Gasteiger partial charge is 0.272 e. The molecule has 0 saturated heterocycles. The van der Waals surface area contributed by atoms with Crippen molar-refractivity contribution in [1.29, 1.82) is 0 Å². The monoisotopic (exact) mass is 356 g/mol. The van der Waals surface area contributed by atoms with Crippen LogP contribution in [0.4, 0.5) is 0 Å². The zero-order chi connectivity index (χ0) is 18.7. The van der Waals surface area contributed by atoms with Crippen LogP contribution in [0.25, 0.3) is 0 Å². The van der Waals surface area contributed by atoms with Gasteiger partial charge in [-0.05, 0) is 38.5 Å². The van der Waals surface area contributed by atoms with Gasteiger partial charge >= 0.3 is 0 Å². The fraction of sp³-hybridized carbons (Fsp3) is 0.500. The Bertz CT molecular complexity index is 765. The summed E-state index contributed by atoms with van der Waals surface area (Å²) in [5.41, 5.74) is 3.89. The summed E-state index contributed by atoms with van der Waals surface area (Å²) in [6.07, 6.45) is 0.945. The van der Waals surface area contributed by atoms with E-state index in [1.54, 1.807) is 7.11 Å². The lowest BCUT2D eigenvalue weighted by Gasteiger charge is -2.30. The van der Waals surface area contributed by atoms with Crippen LogP contribution in [-0.2, 0) is 26.1 Å². The zero-order valence-corrected chi connectivity index (χ0v) is 16.1.